The lowest BCUT2D eigenvalue weighted by Crippen LogP contribution is -2.23. The van der Waals surface area contributed by atoms with E-state index in [9.17, 15) is 4.79 Å². The van der Waals surface area contributed by atoms with Crippen molar-refractivity contribution in [2.45, 2.75) is 57.5 Å². The van der Waals surface area contributed by atoms with E-state index in [1.54, 1.807) is 0 Å². The molecule has 0 bridgehead atoms. The molecule has 1 aliphatic carbocycles. The zero-order valence-electron chi connectivity index (χ0n) is 11.5. The monoisotopic (exact) mass is 258 g/mol. The number of carbonyl (C=O) groups is 1. The fraction of sp³-hybridized carbons (Fsp3) is 0.588. The van der Waals surface area contributed by atoms with Crippen molar-refractivity contribution in [3.05, 3.63) is 34.9 Å². The molecular weight excluding hydrogens is 236 g/mol. The highest BCUT2D eigenvalue weighted by molar-refractivity contribution is 5.81. The van der Waals surface area contributed by atoms with Crippen LogP contribution in [-0.2, 0) is 28.8 Å². The average Bonchev–Trinajstić information content (AvgIpc) is 2.87. The first kappa shape index (κ1) is 12.9. The predicted octanol–water partition coefficient (Wildman–Crippen LogP) is 3.25. The van der Waals surface area contributed by atoms with Crippen molar-refractivity contribution in [2.24, 2.45) is 0 Å². The number of hydrogen-bond acceptors (Lipinski definition) is 2. The van der Waals surface area contributed by atoms with E-state index >= 15 is 0 Å². The van der Waals surface area contributed by atoms with Crippen LogP contribution in [0.15, 0.2) is 18.2 Å². The van der Waals surface area contributed by atoms with Gasteiger partial charge in [0.05, 0.1) is 6.10 Å². The standard InChI is InChI=1S/C17H22O2/c18-16(12-17-6-1-2-9-19-17)11-13-7-8-14-4-3-5-15(14)10-13/h7-8,10,17H,1-6,9,11-12H2. The van der Waals surface area contributed by atoms with E-state index in [0.717, 1.165) is 19.4 Å². The van der Waals surface area contributed by atoms with Crippen LogP contribution in [-0.4, -0.2) is 18.5 Å². The number of carbonyl (C=O) groups excluding carboxylic acids is 1. The van der Waals surface area contributed by atoms with Gasteiger partial charge in [0.25, 0.3) is 0 Å². The molecule has 1 atom stereocenters. The highest BCUT2D eigenvalue weighted by atomic mass is 16.5. The van der Waals surface area contributed by atoms with E-state index in [2.05, 4.69) is 18.2 Å². The number of hydrogen-bond donors (Lipinski definition) is 0. The summed E-state index contributed by atoms with van der Waals surface area (Å²) in [4.78, 5) is 12.1. The van der Waals surface area contributed by atoms with Crippen LogP contribution in [0.2, 0.25) is 0 Å². The molecule has 0 saturated carbocycles. The minimum absolute atomic E-state index is 0.177. The average molecular weight is 258 g/mol. The number of aryl methyl sites for hydroxylation is 2. The number of ether oxygens (including phenoxy) is 1. The first-order valence-electron chi connectivity index (χ1n) is 7.55. The molecular formula is C17H22O2. The van der Waals surface area contributed by atoms with Gasteiger partial charge in [-0.3, -0.25) is 4.79 Å². The molecule has 0 N–H and O–H groups in total. The van der Waals surface area contributed by atoms with Crippen LogP contribution < -0.4 is 0 Å². The van der Waals surface area contributed by atoms with E-state index in [4.69, 9.17) is 4.74 Å². The summed E-state index contributed by atoms with van der Waals surface area (Å²) in [6, 6.07) is 6.58. The van der Waals surface area contributed by atoms with E-state index in [0.29, 0.717) is 18.6 Å². The van der Waals surface area contributed by atoms with Gasteiger partial charge < -0.3 is 4.74 Å². The molecule has 19 heavy (non-hydrogen) atoms. The largest absolute Gasteiger partial charge is 0.378 e. The second-order valence-electron chi connectivity index (χ2n) is 5.86. The Labute approximate surface area is 115 Å². The van der Waals surface area contributed by atoms with Gasteiger partial charge in [-0.25, -0.2) is 0 Å². The van der Waals surface area contributed by atoms with Gasteiger partial charge in [0.15, 0.2) is 0 Å². The van der Waals surface area contributed by atoms with Crippen molar-refractivity contribution in [3.8, 4) is 0 Å². The maximum Gasteiger partial charge on any atom is 0.139 e. The van der Waals surface area contributed by atoms with Crippen molar-refractivity contribution in [3.63, 3.8) is 0 Å². The van der Waals surface area contributed by atoms with Gasteiger partial charge >= 0.3 is 0 Å². The lowest BCUT2D eigenvalue weighted by molar-refractivity contribution is -0.122. The van der Waals surface area contributed by atoms with Gasteiger partial charge in [-0.2, -0.15) is 0 Å². The molecule has 2 nitrogen and oxygen atoms in total. The summed E-state index contributed by atoms with van der Waals surface area (Å²) >= 11 is 0. The summed E-state index contributed by atoms with van der Waals surface area (Å²) in [6.07, 6.45) is 8.41. The van der Waals surface area contributed by atoms with Gasteiger partial charge in [0.1, 0.15) is 5.78 Å². The Balaban J connectivity index is 1.56. The number of rotatable bonds is 4. The van der Waals surface area contributed by atoms with Crippen molar-refractivity contribution in [2.75, 3.05) is 6.61 Å². The number of fused-ring (bicyclic) bond motifs is 1. The van der Waals surface area contributed by atoms with E-state index in [1.165, 1.54) is 42.4 Å². The Kier molecular flexibility index (Phi) is 3.97. The first-order chi connectivity index (χ1) is 9.31. The molecule has 0 spiro atoms. The maximum absolute atomic E-state index is 12.1. The minimum atomic E-state index is 0.177. The molecule has 0 radical (unpaired) electrons. The molecule has 0 amide bonds. The molecule has 3 rings (SSSR count). The summed E-state index contributed by atoms with van der Waals surface area (Å²) in [5.41, 5.74) is 4.12. The third kappa shape index (κ3) is 3.24. The maximum atomic E-state index is 12.1. The SMILES string of the molecule is O=C(Cc1ccc2c(c1)CCC2)CC1CCCCO1. The van der Waals surface area contributed by atoms with Gasteiger partial charge in [0, 0.05) is 19.4 Å². The summed E-state index contributed by atoms with van der Waals surface area (Å²) in [5.74, 6) is 0.324. The topological polar surface area (TPSA) is 26.3 Å². The molecule has 1 heterocycles. The van der Waals surface area contributed by atoms with Crippen LogP contribution in [0.25, 0.3) is 0 Å². The molecule has 1 saturated heterocycles. The summed E-state index contributed by atoms with van der Waals surface area (Å²) in [5, 5.41) is 0. The number of benzene rings is 1. The predicted molar refractivity (Wildman–Crippen MR) is 75.4 cm³/mol. The van der Waals surface area contributed by atoms with Crippen LogP contribution in [0, 0.1) is 0 Å². The van der Waals surface area contributed by atoms with E-state index in [-0.39, 0.29) is 6.10 Å². The molecule has 0 aromatic heterocycles. The van der Waals surface area contributed by atoms with Gasteiger partial charge in [-0.15, -0.1) is 0 Å². The normalized spacial score (nSPS) is 22.2. The number of Topliss-reactive ketones (excluding diaryl/α,β-unsaturated/α-hetero) is 1. The Morgan fingerprint density at radius 3 is 2.89 bits per heavy atom. The smallest absolute Gasteiger partial charge is 0.139 e. The summed E-state index contributed by atoms with van der Waals surface area (Å²) in [7, 11) is 0. The van der Waals surface area contributed by atoms with Crippen molar-refractivity contribution < 1.29 is 9.53 Å². The Morgan fingerprint density at radius 1 is 1.16 bits per heavy atom. The van der Waals surface area contributed by atoms with Gasteiger partial charge in [-0.05, 0) is 55.2 Å². The first-order valence-corrected chi connectivity index (χ1v) is 7.55. The quantitative estimate of drug-likeness (QED) is 0.828. The van der Waals surface area contributed by atoms with Gasteiger partial charge in [0.2, 0.25) is 0 Å². The molecule has 1 unspecified atom stereocenters. The Morgan fingerprint density at radius 2 is 2.05 bits per heavy atom. The highest BCUT2D eigenvalue weighted by Gasteiger charge is 2.18. The molecule has 1 fully saturated rings. The molecule has 2 aliphatic rings. The lowest BCUT2D eigenvalue weighted by Gasteiger charge is -2.21. The van der Waals surface area contributed by atoms with Gasteiger partial charge in [-0.1, -0.05) is 18.2 Å². The zero-order valence-corrected chi connectivity index (χ0v) is 11.5. The Bertz CT molecular complexity index is 458. The van der Waals surface area contributed by atoms with Crippen LogP contribution >= 0.6 is 0 Å². The van der Waals surface area contributed by atoms with Crippen LogP contribution in [0.1, 0.15) is 48.8 Å². The van der Waals surface area contributed by atoms with Crippen molar-refractivity contribution >= 4 is 5.78 Å². The lowest BCUT2D eigenvalue weighted by atomic mass is 9.98. The van der Waals surface area contributed by atoms with Crippen LogP contribution in [0.4, 0.5) is 0 Å². The third-order valence-electron chi connectivity index (χ3n) is 4.29. The molecule has 2 heteroatoms. The molecule has 1 aromatic rings. The fourth-order valence-corrected chi connectivity index (χ4v) is 3.26. The van der Waals surface area contributed by atoms with E-state index < -0.39 is 0 Å². The molecule has 1 aliphatic heterocycles. The van der Waals surface area contributed by atoms with Crippen LogP contribution in [0.5, 0.6) is 0 Å². The zero-order chi connectivity index (χ0) is 13.1. The van der Waals surface area contributed by atoms with Crippen molar-refractivity contribution in [1.82, 2.24) is 0 Å². The summed E-state index contributed by atoms with van der Waals surface area (Å²) < 4.78 is 5.64. The highest BCUT2D eigenvalue weighted by Crippen LogP contribution is 2.23. The van der Waals surface area contributed by atoms with Crippen molar-refractivity contribution in [1.29, 1.82) is 0 Å². The fourth-order valence-electron chi connectivity index (χ4n) is 3.26. The minimum Gasteiger partial charge on any atom is -0.378 e. The molecule has 1 aromatic carbocycles. The second kappa shape index (κ2) is 5.87. The van der Waals surface area contributed by atoms with E-state index in [1.807, 2.05) is 0 Å². The Hall–Kier alpha value is -1.15. The summed E-state index contributed by atoms with van der Waals surface area (Å²) in [6.45, 7) is 0.830. The second-order valence-corrected chi connectivity index (χ2v) is 5.86. The molecule has 102 valence electrons. The third-order valence-corrected chi connectivity index (χ3v) is 4.29. The number of ketones is 1. The van der Waals surface area contributed by atoms with Crippen LogP contribution in [0.3, 0.4) is 0 Å².